The maximum Gasteiger partial charge on any atom is 0.337 e. The van der Waals surface area contributed by atoms with Crippen LogP contribution >= 0.6 is 0 Å². The molecule has 0 spiro atoms. The van der Waals surface area contributed by atoms with Crippen LogP contribution in [0.4, 0.5) is 8.78 Å². The van der Waals surface area contributed by atoms with Gasteiger partial charge >= 0.3 is 5.69 Å². The maximum atomic E-state index is 14.6. The van der Waals surface area contributed by atoms with Crippen LogP contribution < -0.4 is 21.9 Å². The van der Waals surface area contributed by atoms with E-state index >= 15 is 0 Å². The van der Waals surface area contributed by atoms with Gasteiger partial charge in [-0.3, -0.25) is 24.0 Å². The summed E-state index contributed by atoms with van der Waals surface area (Å²) >= 11 is 0. The second kappa shape index (κ2) is 14.2. The molecule has 0 radical (unpaired) electrons. The SMILES string of the molecule is Cc1cc(-c2ccc(CN3CCNCC3)cc2)cc(-n2c(=O)n([C@H]3CC[C@@H](NC(=O)C4CN5CC(F)C=CC5=N4)CC3)c(=O)c3cc(F)cnc32)c1. The van der Waals surface area contributed by atoms with Crippen molar-refractivity contribution in [2.24, 2.45) is 4.99 Å². The number of alkyl halides is 1. The van der Waals surface area contributed by atoms with Gasteiger partial charge in [-0.1, -0.05) is 30.3 Å². The Hall–Kier alpha value is -5.01. The van der Waals surface area contributed by atoms with Crippen molar-refractivity contribution in [3.63, 3.8) is 0 Å². The molecule has 1 aliphatic carbocycles. The second-order valence-electron chi connectivity index (χ2n) is 14.4. The Labute approximate surface area is 299 Å². The van der Waals surface area contributed by atoms with Crippen LogP contribution in [0, 0.1) is 12.7 Å². The van der Waals surface area contributed by atoms with Crippen LogP contribution in [0.5, 0.6) is 0 Å². The molecule has 13 heteroatoms. The molecule has 2 atom stereocenters. The van der Waals surface area contributed by atoms with Gasteiger partial charge in [-0.25, -0.2) is 23.1 Å². The van der Waals surface area contributed by atoms with Crippen LogP contribution in [0.1, 0.15) is 42.9 Å². The van der Waals surface area contributed by atoms with Crippen LogP contribution in [-0.4, -0.2) is 93.2 Å². The minimum absolute atomic E-state index is 0.0247. The number of benzene rings is 2. The number of carbonyl (C=O) groups excluding carboxylic acids is 1. The van der Waals surface area contributed by atoms with Gasteiger partial charge < -0.3 is 15.5 Å². The first-order valence-electron chi connectivity index (χ1n) is 18.1. The predicted octanol–water partition coefficient (Wildman–Crippen LogP) is 3.66. The Morgan fingerprint density at radius 3 is 2.52 bits per heavy atom. The molecule has 1 saturated heterocycles. The molecular weight excluding hydrogens is 666 g/mol. The molecule has 4 aromatic rings. The lowest BCUT2D eigenvalue weighted by molar-refractivity contribution is -0.123. The van der Waals surface area contributed by atoms with Gasteiger partial charge in [0.15, 0.2) is 5.65 Å². The lowest BCUT2D eigenvalue weighted by Gasteiger charge is -2.31. The molecule has 5 heterocycles. The zero-order valence-corrected chi connectivity index (χ0v) is 29.1. The third kappa shape index (κ3) is 6.82. The van der Waals surface area contributed by atoms with Gasteiger partial charge in [0.1, 0.15) is 23.9 Å². The lowest BCUT2D eigenvalue weighted by atomic mass is 9.90. The molecule has 4 aliphatic rings. The Balaban J connectivity index is 1.05. The molecule has 1 saturated carbocycles. The number of pyridine rings is 1. The third-order valence-electron chi connectivity index (χ3n) is 10.7. The third-order valence-corrected chi connectivity index (χ3v) is 10.7. The molecule has 2 fully saturated rings. The van der Waals surface area contributed by atoms with Crippen LogP contribution in [0.15, 0.2) is 81.5 Å². The largest absolute Gasteiger partial charge is 0.351 e. The van der Waals surface area contributed by atoms with E-state index in [9.17, 15) is 23.2 Å². The Kier molecular flexibility index (Phi) is 9.31. The number of rotatable bonds is 7. The van der Waals surface area contributed by atoms with Crippen LogP contribution in [0.3, 0.4) is 0 Å². The fourth-order valence-electron chi connectivity index (χ4n) is 8.01. The van der Waals surface area contributed by atoms with E-state index in [1.807, 2.05) is 19.1 Å². The monoisotopic (exact) mass is 708 g/mol. The second-order valence-corrected chi connectivity index (χ2v) is 14.4. The van der Waals surface area contributed by atoms with Gasteiger partial charge in [0.2, 0.25) is 5.91 Å². The van der Waals surface area contributed by atoms with Crippen LogP contribution in [-0.2, 0) is 11.3 Å². The number of aliphatic imine (C=N–C) groups is 1. The van der Waals surface area contributed by atoms with Crippen LogP contribution in [0.2, 0.25) is 0 Å². The zero-order chi connectivity index (χ0) is 35.9. The average molecular weight is 709 g/mol. The van der Waals surface area contributed by atoms with E-state index in [-0.39, 0.29) is 29.5 Å². The molecule has 0 bridgehead atoms. The molecule has 11 nitrogen and oxygen atoms in total. The summed E-state index contributed by atoms with van der Waals surface area (Å²) < 4.78 is 31.1. The number of hydrogen-bond donors (Lipinski definition) is 2. The highest BCUT2D eigenvalue weighted by Gasteiger charge is 2.34. The highest BCUT2D eigenvalue weighted by atomic mass is 19.1. The van der Waals surface area contributed by atoms with E-state index in [1.54, 1.807) is 11.0 Å². The van der Waals surface area contributed by atoms with Crippen molar-refractivity contribution < 1.29 is 13.6 Å². The molecule has 1 amide bonds. The van der Waals surface area contributed by atoms with E-state index in [1.165, 1.54) is 20.8 Å². The number of amides is 1. The van der Waals surface area contributed by atoms with Crippen LogP contribution in [0.25, 0.3) is 27.8 Å². The van der Waals surface area contributed by atoms with Crippen molar-refractivity contribution in [1.29, 1.82) is 0 Å². The van der Waals surface area contributed by atoms with Crippen molar-refractivity contribution in [3.05, 3.63) is 105 Å². The van der Waals surface area contributed by atoms with E-state index in [2.05, 4.69) is 55.8 Å². The van der Waals surface area contributed by atoms with Crippen molar-refractivity contribution in [1.82, 2.24) is 34.6 Å². The van der Waals surface area contributed by atoms with Crippen molar-refractivity contribution in [2.45, 2.75) is 63.4 Å². The topological polar surface area (TPSA) is 117 Å². The Morgan fingerprint density at radius 2 is 1.75 bits per heavy atom. The molecule has 270 valence electrons. The van der Waals surface area contributed by atoms with E-state index in [0.29, 0.717) is 43.8 Å². The maximum absolute atomic E-state index is 14.6. The summed E-state index contributed by atoms with van der Waals surface area (Å²) in [5.41, 5.74) is 3.55. The number of nitrogens with zero attached hydrogens (tertiary/aromatic N) is 6. The first kappa shape index (κ1) is 34.1. The number of aromatic nitrogens is 3. The number of hydrogen-bond acceptors (Lipinski definition) is 8. The zero-order valence-electron chi connectivity index (χ0n) is 29.1. The Bertz CT molecular complexity index is 2180. The fourth-order valence-corrected chi connectivity index (χ4v) is 8.01. The minimum Gasteiger partial charge on any atom is -0.351 e. The minimum atomic E-state index is -1.08. The summed E-state index contributed by atoms with van der Waals surface area (Å²) in [6.45, 7) is 7.38. The number of nitrogens with one attached hydrogen (secondary N) is 2. The normalized spacial score (nSPS) is 23.4. The van der Waals surface area contributed by atoms with Gasteiger partial charge in [0.05, 0.1) is 30.4 Å². The smallest absolute Gasteiger partial charge is 0.337 e. The summed E-state index contributed by atoms with van der Waals surface area (Å²) in [5, 5.41) is 6.49. The van der Waals surface area contributed by atoms with Gasteiger partial charge in [0.25, 0.3) is 5.56 Å². The van der Waals surface area contributed by atoms with Crippen molar-refractivity contribution >= 4 is 22.8 Å². The highest BCUT2D eigenvalue weighted by molar-refractivity contribution is 5.99. The molecule has 2 aromatic carbocycles. The van der Waals surface area contributed by atoms with Gasteiger partial charge in [-0.05, 0) is 85.2 Å². The molecule has 2 aromatic heterocycles. The summed E-state index contributed by atoms with van der Waals surface area (Å²) in [7, 11) is 0. The number of piperazine rings is 1. The van der Waals surface area contributed by atoms with E-state index in [0.717, 1.165) is 61.7 Å². The summed E-state index contributed by atoms with van der Waals surface area (Å²) in [5.74, 6) is -0.260. The van der Waals surface area contributed by atoms with E-state index < -0.39 is 35.3 Å². The molecule has 52 heavy (non-hydrogen) atoms. The molecule has 8 rings (SSSR count). The number of carbonyl (C=O) groups is 1. The summed E-state index contributed by atoms with van der Waals surface area (Å²) in [4.78, 5) is 54.4. The lowest BCUT2D eigenvalue weighted by Crippen LogP contribution is -2.47. The fraction of sp³-hybridized carbons (Fsp3) is 0.410. The molecule has 3 aliphatic heterocycles. The molecule has 2 N–H and O–H groups in total. The standard InChI is InChI=1S/C39H42F2N8O3/c1-24-16-27(26-4-2-25(3-5-26)21-46-14-12-42-13-15-46)18-32(17-24)48-36-33(19-29(41)20-43-36)38(51)49(39(48)52)31-9-7-30(8-10-31)44-37(50)34-23-47-22-28(40)6-11-35(47)45-34/h2-6,11,16-20,28,30-31,34,42H,7-10,12-15,21-23H2,1H3,(H,44,50)/t28?,30-,31+,34?. The van der Waals surface area contributed by atoms with Crippen molar-refractivity contribution in [2.75, 3.05) is 39.3 Å². The van der Waals surface area contributed by atoms with Crippen molar-refractivity contribution in [3.8, 4) is 16.8 Å². The summed E-state index contributed by atoms with van der Waals surface area (Å²) in [6, 6.07) is 14.2. The number of fused-ring (bicyclic) bond motifs is 2. The first-order valence-corrected chi connectivity index (χ1v) is 18.1. The predicted molar refractivity (Wildman–Crippen MR) is 196 cm³/mol. The average Bonchev–Trinajstić information content (AvgIpc) is 3.57. The number of halogens is 2. The molecular formula is C39H42F2N8O3. The summed E-state index contributed by atoms with van der Waals surface area (Å²) in [6.07, 6.45) is 5.03. The first-order chi connectivity index (χ1) is 25.2. The number of aryl methyl sites for hydroxylation is 1. The van der Waals surface area contributed by atoms with E-state index in [4.69, 9.17) is 0 Å². The number of amidine groups is 1. The quantitative estimate of drug-likeness (QED) is 0.301. The highest BCUT2D eigenvalue weighted by Crippen LogP contribution is 2.29. The Morgan fingerprint density at radius 1 is 0.981 bits per heavy atom. The van der Waals surface area contributed by atoms with Gasteiger partial charge in [-0.2, -0.15) is 0 Å². The molecule has 2 unspecified atom stereocenters. The van der Waals surface area contributed by atoms with Gasteiger partial charge in [-0.15, -0.1) is 0 Å². The van der Waals surface area contributed by atoms with Gasteiger partial charge in [0, 0.05) is 44.8 Å².